The van der Waals surface area contributed by atoms with E-state index in [1.54, 1.807) is 5.51 Å². The summed E-state index contributed by atoms with van der Waals surface area (Å²) in [4.78, 5) is 13.6. The second-order valence-corrected chi connectivity index (χ2v) is 10.8. The van der Waals surface area contributed by atoms with Gasteiger partial charge in [-0.05, 0) is 43.2 Å². The molecule has 3 aromatic rings. The van der Waals surface area contributed by atoms with Crippen LogP contribution >= 0.6 is 34.4 Å². The van der Waals surface area contributed by atoms with Crippen LogP contribution < -0.4 is 5.32 Å². The van der Waals surface area contributed by atoms with Crippen LogP contribution in [-0.4, -0.2) is 21.9 Å². The van der Waals surface area contributed by atoms with Crippen LogP contribution in [0.2, 0.25) is 0 Å². The number of aromatic nitrogens is 2. The number of rotatable bonds is 6. The molecule has 1 amide bonds. The lowest BCUT2D eigenvalue weighted by Gasteiger charge is -2.29. The van der Waals surface area contributed by atoms with Gasteiger partial charge in [0, 0.05) is 15.9 Å². The van der Waals surface area contributed by atoms with E-state index < -0.39 is 0 Å². The number of amides is 1. The first-order valence-electron chi connectivity index (χ1n) is 9.57. The van der Waals surface area contributed by atoms with Gasteiger partial charge in [0.2, 0.25) is 5.91 Å². The van der Waals surface area contributed by atoms with Gasteiger partial charge in [-0.2, -0.15) is 5.26 Å². The number of thiophene rings is 1. The number of furan rings is 1. The molecule has 0 saturated carbocycles. The van der Waals surface area contributed by atoms with Gasteiger partial charge in [0.1, 0.15) is 28.1 Å². The lowest BCUT2D eigenvalue weighted by atomic mass is 9.77. The van der Waals surface area contributed by atoms with Crippen molar-refractivity contribution in [3.63, 3.8) is 0 Å². The Bertz CT molecular complexity index is 1210. The number of thioether (sulfide) groups is 1. The molecule has 0 fully saturated rings. The van der Waals surface area contributed by atoms with E-state index >= 15 is 0 Å². The second kappa shape index (κ2) is 8.83. The predicted molar refractivity (Wildman–Crippen MR) is 126 cm³/mol. The van der Waals surface area contributed by atoms with Crippen molar-refractivity contribution < 1.29 is 9.21 Å². The molecule has 158 valence electrons. The largest absolute Gasteiger partial charge is 0.462 e. The maximum absolute atomic E-state index is 12.5. The molecule has 4 rings (SSSR count). The summed E-state index contributed by atoms with van der Waals surface area (Å²) in [6, 6.07) is 6.16. The molecule has 1 aliphatic rings. The van der Waals surface area contributed by atoms with E-state index in [1.165, 1.54) is 34.4 Å². The maximum Gasteiger partial charge on any atom is 0.235 e. The van der Waals surface area contributed by atoms with E-state index in [0.29, 0.717) is 10.6 Å². The molecule has 0 aliphatic heterocycles. The molecule has 3 aromatic heterocycles. The van der Waals surface area contributed by atoms with Crippen LogP contribution in [-0.2, 0) is 10.2 Å². The molecule has 0 bridgehead atoms. The van der Waals surface area contributed by atoms with Gasteiger partial charge in [0.15, 0.2) is 4.34 Å². The zero-order valence-corrected chi connectivity index (χ0v) is 19.7. The van der Waals surface area contributed by atoms with Gasteiger partial charge in [-0.1, -0.05) is 43.0 Å². The van der Waals surface area contributed by atoms with Crippen molar-refractivity contribution in [3.8, 4) is 6.07 Å². The van der Waals surface area contributed by atoms with Gasteiger partial charge in [0.25, 0.3) is 0 Å². The van der Waals surface area contributed by atoms with E-state index in [9.17, 15) is 10.1 Å². The first-order chi connectivity index (χ1) is 14.9. The number of hydrogen-bond donors (Lipinski definition) is 1. The number of anilines is 1. The Hall–Kier alpha value is -2.67. The summed E-state index contributed by atoms with van der Waals surface area (Å²) in [7, 11) is 0. The molecule has 0 saturated heterocycles. The lowest BCUT2D eigenvalue weighted by molar-refractivity contribution is -0.113. The molecule has 9 heteroatoms. The number of nitriles is 1. The van der Waals surface area contributed by atoms with Crippen molar-refractivity contribution in [1.29, 1.82) is 5.26 Å². The van der Waals surface area contributed by atoms with E-state index in [1.807, 2.05) is 37.3 Å². The second-order valence-electron chi connectivity index (χ2n) is 7.76. The number of fused-ring (bicyclic) bond motifs is 1. The van der Waals surface area contributed by atoms with Gasteiger partial charge in [0.05, 0.1) is 11.3 Å². The molecule has 31 heavy (non-hydrogen) atoms. The number of hydrogen-bond acceptors (Lipinski definition) is 8. The zero-order chi connectivity index (χ0) is 22.0. The van der Waals surface area contributed by atoms with Crippen LogP contribution in [0.4, 0.5) is 5.00 Å². The monoisotopic (exact) mass is 468 g/mol. The highest BCUT2D eigenvalue weighted by molar-refractivity contribution is 8.01. The van der Waals surface area contributed by atoms with Crippen LogP contribution in [0, 0.1) is 18.3 Å². The van der Waals surface area contributed by atoms with E-state index in [-0.39, 0.29) is 17.1 Å². The fourth-order valence-corrected chi connectivity index (χ4v) is 6.00. The van der Waals surface area contributed by atoms with Gasteiger partial charge in [-0.15, -0.1) is 21.5 Å². The Morgan fingerprint density at radius 2 is 2.26 bits per heavy atom. The van der Waals surface area contributed by atoms with Crippen LogP contribution in [0.15, 0.2) is 38.0 Å². The quantitative estimate of drug-likeness (QED) is 0.454. The summed E-state index contributed by atoms with van der Waals surface area (Å²) in [5.74, 6) is 1.73. The number of aryl methyl sites for hydroxylation is 1. The number of carbonyl (C=O) groups is 1. The van der Waals surface area contributed by atoms with Crippen LogP contribution in [0.3, 0.4) is 0 Å². The molecular weight excluding hydrogens is 448 g/mol. The fraction of sp³-hybridized carbons (Fsp3) is 0.273. The molecule has 0 spiro atoms. The Balaban J connectivity index is 1.58. The normalized spacial score (nSPS) is 14.8. The third-order valence-corrected chi connectivity index (χ3v) is 8.14. The summed E-state index contributed by atoms with van der Waals surface area (Å²) < 4.78 is 6.36. The summed E-state index contributed by atoms with van der Waals surface area (Å²) >= 11 is 4.22. The third kappa shape index (κ3) is 4.82. The van der Waals surface area contributed by atoms with Crippen molar-refractivity contribution >= 4 is 57.5 Å². The standard InChI is InChI=1S/C22H20N4O2S3/c1-13-4-6-15(28-13)7-5-14-8-16-17(10-23)20(31-19(16)22(2,3)9-14)25-18(27)11-29-21-26-24-12-30-21/h4-8,12H,9,11H2,1-3H3,(H,25,27). The highest BCUT2D eigenvalue weighted by Gasteiger charge is 2.33. The first kappa shape index (κ1) is 21.6. The fourth-order valence-electron chi connectivity index (χ4n) is 3.47. The molecule has 1 N–H and O–H groups in total. The van der Waals surface area contributed by atoms with Crippen molar-refractivity contribution in [1.82, 2.24) is 10.2 Å². The molecule has 0 radical (unpaired) electrons. The minimum Gasteiger partial charge on any atom is -0.462 e. The van der Waals surface area contributed by atoms with Gasteiger partial charge < -0.3 is 9.73 Å². The average molecular weight is 469 g/mol. The SMILES string of the molecule is Cc1ccc(C=CC2=Cc3c(sc(NC(=O)CSc4nncs4)c3C#N)C(C)(C)C2)o1. The molecule has 6 nitrogen and oxygen atoms in total. The number of carbonyl (C=O) groups excluding carboxylic acids is 1. The average Bonchev–Trinajstić information content (AvgIpc) is 3.45. The van der Waals surface area contributed by atoms with Crippen LogP contribution in [0.25, 0.3) is 12.2 Å². The van der Waals surface area contributed by atoms with Gasteiger partial charge >= 0.3 is 0 Å². The summed E-state index contributed by atoms with van der Waals surface area (Å²) in [5, 5.41) is 21.1. The Morgan fingerprint density at radius 1 is 1.42 bits per heavy atom. The van der Waals surface area contributed by atoms with Crippen LogP contribution in [0.1, 0.15) is 47.8 Å². The Kier molecular flexibility index (Phi) is 6.14. The van der Waals surface area contributed by atoms with Crippen LogP contribution in [0.5, 0.6) is 0 Å². The van der Waals surface area contributed by atoms with E-state index in [4.69, 9.17) is 4.42 Å². The molecule has 3 heterocycles. The molecule has 0 atom stereocenters. The summed E-state index contributed by atoms with van der Waals surface area (Å²) in [5.41, 5.74) is 4.01. The van der Waals surface area contributed by atoms with Gasteiger partial charge in [-0.25, -0.2) is 0 Å². The highest BCUT2D eigenvalue weighted by Crippen LogP contribution is 2.47. The van der Waals surface area contributed by atoms with Crippen molar-refractivity contribution in [2.24, 2.45) is 0 Å². The number of allylic oxidation sites excluding steroid dienone is 2. The maximum atomic E-state index is 12.5. The summed E-state index contributed by atoms with van der Waals surface area (Å²) in [6.45, 7) is 6.25. The Morgan fingerprint density at radius 3 is 2.94 bits per heavy atom. The Labute approximate surface area is 192 Å². The van der Waals surface area contributed by atoms with E-state index in [2.05, 4.69) is 35.4 Å². The smallest absolute Gasteiger partial charge is 0.235 e. The van der Waals surface area contributed by atoms with Crippen molar-refractivity contribution in [2.75, 3.05) is 11.1 Å². The van der Waals surface area contributed by atoms with Gasteiger partial charge in [-0.3, -0.25) is 4.79 Å². The minimum absolute atomic E-state index is 0.149. The van der Waals surface area contributed by atoms with Crippen molar-refractivity contribution in [2.45, 2.75) is 36.9 Å². The topological polar surface area (TPSA) is 91.8 Å². The zero-order valence-electron chi connectivity index (χ0n) is 17.3. The molecule has 0 aromatic carbocycles. The van der Waals surface area contributed by atoms with E-state index in [0.717, 1.165) is 38.3 Å². The minimum atomic E-state index is -0.162. The number of nitrogens with zero attached hydrogens (tertiary/aromatic N) is 3. The highest BCUT2D eigenvalue weighted by atomic mass is 32.2. The van der Waals surface area contributed by atoms with Crippen molar-refractivity contribution in [3.05, 3.63) is 56.8 Å². The molecular formula is C22H20N4O2S3. The molecule has 1 aliphatic carbocycles. The summed E-state index contributed by atoms with van der Waals surface area (Å²) in [6.07, 6.45) is 6.87. The third-order valence-electron chi connectivity index (χ3n) is 4.79. The predicted octanol–water partition coefficient (Wildman–Crippen LogP) is 5.88. The lowest BCUT2D eigenvalue weighted by Crippen LogP contribution is -2.20. The first-order valence-corrected chi connectivity index (χ1v) is 12.2. The number of nitrogens with one attached hydrogen (secondary N) is 1. The molecule has 0 unspecified atom stereocenters.